The van der Waals surface area contributed by atoms with Gasteiger partial charge < -0.3 is 5.11 Å². The Bertz CT molecular complexity index is 489. The number of nitrogens with one attached hydrogen (secondary N) is 1. The second-order valence-corrected chi connectivity index (χ2v) is 3.38. The minimum atomic E-state index is -0.913. The van der Waals surface area contributed by atoms with Crippen molar-refractivity contribution in [1.82, 2.24) is 10.2 Å². The van der Waals surface area contributed by atoms with Crippen LogP contribution in [0.15, 0.2) is 30.6 Å². The molecule has 0 amide bonds. The van der Waals surface area contributed by atoms with Gasteiger partial charge in [-0.1, -0.05) is 6.07 Å². The zero-order valence-electron chi connectivity index (χ0n) is 8.19. The van der Waals surface area contributed by atoms with Crippen LogP contribution < -0.4 is 0 Å². The maximum absolute atomic E-state index is 10.9. The molecular weight excluding hydrogens is 192 g/mol. The predicted octanol–water partition coefficient (Wildman–Crippen LogP) is 2.08. The van der Waals surface area contributed by atoms with E-state index in [0.717, 1.165) is 16.7 Å². The molecule has 0 saturated heterocycles. The summed E-state index contributed by atoms with van der Waals surface area (Å²) in [5, 5.41) is 15.4. The minimum Gasteiger partial charge on any atom is -0.478 e. The molecule has 0 spiro atoms. The van der Waals surface area contributed by atoms with E-state index in [0.29, 0.717) is 5.56 Å². The largest absolute Gasteiger partial charge is 0.478 e. The first-order valence-corrected chi connectivity index (χ1v) is 4.51. The Balaban J connectivity index is 2.54. The van der Waals surface area contributed by atoms with E-state index in [1.165, 1.54) is 0 Å². The Morgan fingerprint density at radius 3 is 2.73 bits per heavy atom. The predicted molar refractivity (Wildman–Crippen MR) is 55.7 cm³/mol. The van der Waals surface area contributed by atoms with Crippen molar-refractivity contribution in [3.63, 3.8) is 0 Å². The SMILES string of the molecule is Cc1cc(C(=O)O)cc(-c2cn[nH]c2)c1. The second-order valence-electron chi connectivity index (χ2n) is 3.38. The monoisotopic (exact) mass is 202 g/mol. The summed E-state index contributed by atoms with van der Waals surface area (Å²) in [6.07, 6.45) is 3.40. The molecule has 0 atom stereocenters. The summed E-state index contributed by atoms with van der Waals surface area (Å²) in [6, 6.07) is 5.21. The molecule has 0 radical (unpaired) electrons. The number of rotatable bonds is 2. The van der Waals surface area contributed by atoms with Gasteiger partial charge in [0, 0.05) is 11.8 Å². The van der Waals surface area contributed by atoms with Crippen molar-refractivity contribution in [1.29, 1.82) is 0 Å². The quantitative estimate of drug-likeness (QED) is 0.783. The van der Waals surface area contributed by atoms with Crippen molar-refractivity contribution in [2.24, 2.45) is 0 Å². The average Bonchev–Trinajstić information content (AvgIpc) is 2.69. The number of aromatic carboxylic acids is 1. The van der Waals surface area contributed by atoms with Crippen molar-refractivity contribution in [2.75, 3.05) is 0 Å². The number of carbonyl (C=O) groups is 1. The first kappa shape index (κ1) is 9.45. The summed E-state index contributed by atoms with van der Waals surface area (Å²) >= 11 is 0. The number of carboxylic acid groups (broad SMARTS) is 1. The highest BCUT2D eigenvalue weighted by Crippen LogP contribution is 2.20. The fraction of sp³-hybridized carbons (Fsp3) is 0.0909. The fourth-order valence-electron chi connectivity index (χ4n) is 1.48. The van der Waals surface area contributed by atoms with E-state index in [1.807, 2.05) is 13.0 Å². The van der Waals surface area contributed by atoms with Gasteiger partial charge in [-0.2, -0.15) is 5.10 Å². The summed E-state index contributed by atoms with van der Waals surface area (Å²) < 4.78 is 0. The smallest absolute Gasteiger partial charge is 0.335 e. The highest BCUT2D eigenvalue weighted by Gasteiger charge is 2.07. The van der Waals surface area contributed by atoms with Gasteiger partial charge in [0.2, 0.25) is 0 Å². The van der Waals surface area contributed by atoms with Crippen LogP contribution in [0.3, 0.4) is 0 Å². The molecule has 0 bridgehead atoms. The molecular formula is C11H10N2O2. The molecule has 0 saturated carbocycles. The summed E-state index contributed by atoms with van der Waals surface area (Å²) in [7, 11) is 0. The van der Waals surface area contributed by atoms with Gasteiger partial charge in [-0.25, -0.2) is 4.79 Å². The summed E-state index contributed by atoms with van der Waals surface area (Å²) in [5.41, 5.74) is 2.97. The minimum absolute atomic E-state index is 0.297. The van der Waals surface area contributed by atoms with Crippen LogP contribution >= 0.6 is 0 Å². The van der Waals surface area contributed by atoms with E-state index in [4.69, 9.17) is 5.11 Å². The third kappa shape index (κ3) is 1.88. The molecule has 1 heterocycles. The van der Waals surface area contributed by atoms with Gasteiger partial charge in [-0.15, -0.1) is 0 Å². The van der Waals surface area contributed by atoms with E-state index in [-0.39, 0.29) is 0 Å². The van der Waals surface area contributed by atoms with Crippen molar-refractivity contribution in [2.45, 2.75) is 6.92 Å². The third-order valence-electron chi connectivity index (χ3n) is 2.16. The summed E-state index contributed by atoms with van der Waals surface area (Å²) in [4.78, 5) is 10.9. The van der Waals surface area contributed by atoms with Crippen molar-refractivity contribution in [3.8, 4) is 11.1 Å². The van der Waals surface area contributed by atoms with Gasteiger partial charge in [-0.05, 0) is 30.2 Å². The third-order valence-corrected chi connectivity index (χ3v) is 2.16. The van der Waals surface area contributed by atoms with Crippen LogP contribution in [0.25, 0.3) is 11.1 Å². The van der Waals surface area contributed by atoms with Gasteiger partial charge in [0.25, 0.3) is 0 Å². The highest BCUT2D eigenvalue weighted by atomic mass is 16.4. The number of aromatic nitrogens is 2. The van der Waals surface area contributed by atoms with Gasteiger partial charge in [0.05, 0.1) is 11.8 Å². The first-order valence-electron chi connectivity index (χ1n) is 4.51. The molecule has 0 aliphatic carbocycles. The zero-order chi connectivity index (χ0) is 10.8. The maximum atomic E-state index is 10.9. The Morgan fingerprint density at radius 1 is 1.33 bits per heavy atom. The van der Waals surface area contributed by atoms with Crippen molar-refractivity contribution in [3.05, 3.63) is 41.7 Å². The summed E-state index contributed by atoms with van der Waals surface area (Å²) in [6.45, 7) is 1.87. The average molecular weight is 202 g/mol. The van der Waals surface area contributed by atoms with Crippen LogP contribution in [0.4, 0.5) is 0 Å². The number of H-pyrrole nitrogens is 1. The lowest BCUT2D eigenvalue weighted by Crippen LogP contribution is -1.97. The number of hydrogen-bond donors (Lipinski definition) is 2. The molecule has 2 rings (SSSR count). The van der Waals surface area contributed by atoms with Gasteiger partial charge in [0.1, 0.15) is 0 Å². The highest BCUT2D eigenvalue weighted by molar-refractivity contribution is 5.89. The second kappa shape index (κ2) is 3.57. The van der Waals surface area contributed by atoms with Crippen LogP contribution in [0.1, 0.15) is 15.9 Å². The molecule has 4 nitrogen and oxygen atoms in total. The molecule has 76 valence electrons. The molecule has 0 aliphatic heterocycles. The molecule has 4 heteroatoms. The lowest BCUT2D eigenvalue weighted by Gasteiger charge is -2.02. The lowest BCUT2D eigenvalue weighted by molar-refractivity contribution is 0.0697. The van der Waals surface area contributed by atoms with E-state index < -0.39 is 5.97 Å². The molecule has 1 aromatic carbocycles. The number of aromatic amines is 1. The van der Waals surface area contributed by atoms with Crippen LogP contribution in [-0.4, -0.2) is 21.3 Å². The normalized spacial score (nSPS) is 10.2. The number of nitrogens with zero attached hydrogens (tertiary/aromatic N) is 1. The number of carboxylic acids is 1. The number of aryl methyl sites for hydroxylation is 1. The molecule has 0 fully saturated rings. The maximum Gasteiger partial charge on any atom is 0.335 e. The van der Waals surface area contributed by atoms with Gasteiger partial charge in [-0.3, -0.25) is 5.10 Å². The first-order chi connectivity index (χ1) is 7.16. The molecule has 1 aromatic heterocycles. The van der Waals surface area contributed by atoms with Crippen molar-refractivity contribution >= 4 is 5.97 Å². The molecule has 2 N–H and O–H groups in total. The zero-order valence-corrected chi connectivity index (χ0v) is 8.19. The van der Waals surface area contributed by atoms with Gasteiger partial charge in [0.15, 0.2) is 0 Å². The van der Waals surface area contributed by atoms with E-state index in [2.05, 4.69) is 10.2 Å². The Hall–Kier alpha value is -2.10. The fourth-order valence-corrected chi connectivity index (χ4v) is 1.48. The molecule has 0 unspecified atom stereocenters. The van der Waals surface area contributed by atoms with Crippen LogP contribution in [0.5, 0.6) is 0 Å². The van der Waals surface area contributed by atoms with Crippen LogP contribution in [0.2, 0.25) is 0 Å². The standard InChI is InChI=1S/C11H10N2O2/c1-7-2-8(10-5-12-13-6-10)4-9(3-7)11(14)15/h2-6H,1H3,(H,12,13)(H,14,15). The molecule has 2 aromatic rings. The van der Waals surface area contributed by atoms with E-state index >= 15 is 0 Å². The van der Waals surface area contributed by atoms with Crippen LogP contribution in [0, 0.1) is 6.92 Å². The lowest BCUT2D eigenvalue weighted by atomic mass is 10.0. The topological polar surface area (TPSA) is 66.0 Å². The summed E-state index contributed by atoms with van der Waals surface area (Å²) in [5.74, 6) is -0.913. The molecule has 15 heavy (non-hydrogen) atoms. The Labute approximate surface area is 86.6 Å². The van der Waals surface area contributed by atoms with Gasteiger partial charge >= 0.3 is 5.97 Å². The number of hydrogen-bond acceptors (Lipinski definition) is 2. The van der Waals surface area contributed by atoms with E-state index in [9.17, 15) is 4.79 Å². The Morgan fingerprint density at radius 2 is 2.13 bits per heavy atom. The number of benzene rings is 1. The van der Waals surface area contributed by atoms with E-state index in [1.54, 1.807) is 24.5 Å². The molecule has 0 aliphatic rings. The Kier molecular flexibility index (Phi) is 2.25. The van der Waals surface area contributed by atoms with Crippen LogP contribution in [-0.2, 0) is 0 Å². The van der Waals surface area contributed by atoms with Crippen molar-refractivity contribution < 1.29 is 9.90 Å².